The van der Waals surface area contributed by atoms with Crippen molar-refractivity contribution in [2.24, 2.45) is 0 Å². The Morgan fingerprint density at radius 3 is 2.48 bits per heavy atom. The molecule has 0 saturated heterocycles. The molecule has 0 unspecified atom stereocenters. The van der Waals surface area contributed by atoms with Gasteiger partial charge in [-0.3, -0.25) is 4.21 Å². The van der Waals surface area contributed by atoms with Crippen LogP contribution in [0.2, 0.25) is 5.02 Å². The van der Waals surface area contributed by atoms with Gasteiger partial charge in [-0.15, -0.1) is 0 Å². The van der Waals surface area contributed by atoms with E-state index in [2.05, 4.69) is 29.6 Å². The highest BCUT2D eigenvalue weighted by Gasteiger charge is 2.20. The molecule has 0 saturated carbocycles. The number of fused-ring (bicyclic) bond motifs is 1. The maximum absolute atomic E-state index is 11.4. The second kappa shape index (κ2) is 6.20. The van der Waals surface area contributed by atoms with Crippen LogP contribution in [0.25, 0.3) is 0 Å². The molecule has 1 atom stereocenters. The van der Waals surface area contributed by atoms with E-state index in [4.69, 9.17) is 11.6 Å². The van der Waals surface area contributed by atoms with Crippen LogP contribution < -0.4 is 5.32 Å². The minimum Gasteiger partial charge on any atom is -0.382 e. The van der Waals surface area contributed by atoms with Crippen LogP contribution in [0.5, 0.6) is 0 Å². The van der Waals surface area contributed by atoms with E-state index in [1.54, 1.807) is 6.26 Å². The van der Waals surface area contributed by atoms with Crippen molar-refractivity contribution in [3.05, 3.63) is 64.2 Å². The monoisotopic (exact) mass is 319 g/mol. The van der Waals surface area contributed by atoms with E-state index in [0.717, 1.165) is 24.1 Å². The summed E-state index contributed by atoms with van der Waals surface area (Å²) in [4.78, 5) is 0. The van der Waals surface area contributed by atoms with Crippen LogP contribution in [-0.4, -0.2) is 16.5 Å². The maximum Gasteiger partial charge on any atom is 0.0498 e. The average molecular weight is 320 g/mol. The summed E-state index contributed by atoms with van der Waals surface area (Å²) in [6, 6.07) is 14.9. The van der Waals surface area contributed by atoms with Gasteiger partial charge in [0.2, 0.25) is 0 Å². The summed E-state index contributed by atoms with van der Waals surface area (Å²) in [7, 11) is -0.884. The molecule has 0 radical (unpaired) electrons. The predicted molar refractivity (Wildman–Crippen MR) is 90.5 cm³/mol. The van der Waals surface area contributed by atoms with Gasteiger partial charge >= 0.3 is 0 Å². The molecule has 0 aromatic heterocycles. The number of nitrogens with one attached hydrogen (secondary N) is 1. The summed E-state index contributed by atoms with van der Waals surface area (Å²) in [6.45, 7) is 0. The second-order valence-electron chi connectivity index (χ2n) is 5.54. The van der Waals surface area contributed by atoms with E-state index in [9.17, 15) is 4.21 Å². The predicted octanol–water partition coefficient (Wildman–Crippen LogP) is 3.80. The summed E-state index contributed by atoms with van der Waals surface area (Å²) in [5.41, 5.74) is 4.85. The zero-order valence-electron chi connectivity index (χ0n) is 11.9. The Bertz CT molecular complexity index is 661. The summed E-state index contributed by atoms with van der Waals surface area (Å²) in [5, 5.41) is 4.26. The molecule has 3 rings (SSSR count). The van der Waals surface area contributed by atoms with Gasteiger partial charge in [-0.2, -0.15) is 0 Å². The minimum atomic E-state index is -0.884. The lowest BCUT2D eigenvalue weighted by molar-refractivity contribution is 0.686. The van der Waals surface area contributed by atoms with E-state index >= 15 is 0 Å². The Kier molecular flexibility index (Phi) is 4.32. The SMILES string of the molecule is C[S@@](=O)Cc1cc(NC2Cc3ccccc3C2)ccc1Cl. The average Bonchev–Trinajstić information content (AvgIpc) is 2.84. The molecule has 0 amide bonds. The van der Waals surface area contributed by atoms with Gasteiger partial charge in [0.15, 0.2) is 0 Å². The molecular weight excluding hydrogens is 302 g/mol. The van der Waals surface area contributed by atoms with Crippen molar-refractivity contribution in [3.63, 3.8) is 0 Å². The molecule has 21 heavy (non-hydrogen) atoms. The molecule has 0 bridgehead atoms. The van der Waals surface area contributed by atoms with Crippen LogP contribution in [0.1, 0.15) is 16.7 Å². The molecule has 2 nitrogen and oxygen atoms in total. The van der Waals surface area contributed by atoms with Gasteiger partial charge < -0.3 is 5.32 Å². The van der Waals surface area contributed by atoms with Gasteiger partial charge in [0.25, 0.3) is 0 Å². The van der Waals surface area contributed by atoms with E-state index in [1.165, 1.54) is 11.1 Å². The molecule has 0 fully saturated rings. The summed E-state index contributed by atoms with van der Waals surface area (Å²) in [5.74, 6) is 0.499. The lowest BCUT2D eigenvalue weighted by atomic mass is 10.1. The van der Waals surface area contributed by atoms with Crippen molar-refractivity contribution < 1.29 is 4.21 Å². The summed E-state index contributed by atoms with van der Waals surface area (Å²) >= 11 is 6.17. The van der Waals surface area contributed by atoms with E-state index in [1.807, 2.05) is 18.2 Å². The third-order valence-electron chi connectivity index (χ3n) is 3.83. The van der Waals surface area contributed by atoms with Gasteiger partial charge in [0, 0.05) is 39.6 Å². The van der Waals surface area contributed by atoms with Crippen LogP contribution in [0.3, 0.4) is 0 Å². The van der Waals surface area contributed by atoms with Crippen molar-refractivity contribution in [2.45, 2.75) is 24.6 Å². The molecule has 2 aromatic carbocycles. The van der Waals surface area contributed by atoms with Crippen LogP contribution in [0.15, 0.2) is 42.5 Å². The third kappa shape index (κ3) is 3.47. The fourth-order valence-electron chi connectivity index (χ4n) is 2.89. The first kappa shape index (κ1) is 14.6. The quantitative estimate of drug-likeness (QED) is 0.928. The number of hydrogen-bond acceptors (Lipinski definition) is 2. The lowest BCUT2D eigenvalue weighted by Gasteiger charge is -2.15. The Morgan fingerprint density at radius 1 is 1.19 bits per heavy atom. The fraction of sp³-hybridized carbons (Fsp3) is 0.294. The highest BCUT2D eigenvalue weighted by atomic mass is 35.5. The Hall–Kier alpha value is -1.32. The Labute approximate surface area is 133 Å². The number of hydrogen-bond donors (Lipinski definition) is 1. The highest BCUT2D eigenvalue weighted by molar-refractivity contribution is 7.83. The fourth-order valence-corrected chi connectivity index (χ4v) is 3.83. The molecule has 2 aromatic rings. The van der Waals surface area contributed by atoms with Crippen LogP contribution in [0.4, 0.5) is 5.69 Å². The van der Waals surface area contributed by atoms with Crippen molar-refractivity contribution in [1.82, 2.24) is 0 Å². The minimum absolute atomic E-state index is 0.420. The Balaban J connectivity index is 1.73. The van der Waals surface area contributed by atoms with Gasteiger partial charge in [-0.1, -0.05) is 35.9 Å². The van der Waals surface area contributed by atoms with Gasteiger partial charge in [-0.05, 0) is 47.7 Å². The number of halogens is 1. The van der Waals surface area contributed by atoms with Crippen LogP contribution in [0, 0.1) is 0 Å². The van der Waals surface area contributed by atoms with E-state index < -0.39 is 10.8 Å². The highest BCUT2D eigenvalue weighted by Crippen LogP contribution is 2.27. The first-order chi connectivity index (χ1) is 10.1. The molecule has 0 spiro atoms. The van der Waals surface area contributed by atoms with Crippen LogP contribution >= 0.6 is 11.6 Å². The van der Waals surface area contributed by atoms with Gasteiger partial charge in [0.1, 0.15) is 0 Å². The maximum atomic E-state index is 11.4. The number of anilines is 1. The van der Waals surface area contributed by atoms with Crippen molar-refractivity contribution in [3.8, 4) is 0 Å². The number of rotatable bonds is 4. The van der Waals surface area contributed by atoms with E-state index in [-0.39, 0.29) is 0 Å². The zero-order chi connectivity index (χ0) is 14.8. The molecule has 4 heteroatoms. The molecule has 0 heterocycles. The normalized spacial score (nSPS) is 15.7. The van der Waals surface area contributed by atoms with Gasteiger partial charge in [-0.25, -0.2) is 0 Å². The van der Waals surface area contributed by atoms with Crippen molar-refractivity contribution >= 4 is 28.1 Å². The van der Waals surface area contributed by atoms with Crippen molar-refractivity contribution in [1.29, 1.82) is 0 Å². The molecule has 1 aliphatic rings. The summed E-state index contributed by atoms with van der Waals surface area (Å²) in [6.07, 6.45) is 3.80. The Morgan fingerprint density at radius 2 is 1.86 bits per heavy atom. The molecule has 1 aliphatic carbocycles. The molecule has 1 N–H and O–H groups in total. The van der Waals surface area contributed by atoms with Crippen LogP contribution in [-0.2, 0) is 29.4 Å². The van der Waals surface area contributed by atoms with E-state index in [0.29, 0.717) is 16.8 Å². The van der Waals surface area contributed by atoms with Gasteiger partial charge in [0.05, 0.1) is 0 Å². The third-order valence-corrected chi connectivity index (χ3v) is 4.91. The number of benzene rings is 2. The first-order valence-corrected chi connectivity index (χ1v) is 9.14. The topological polar surface area (TPSA) is 29.1 Å². The molecular formula is C17H18ClNOS. The first-order valence-electron chi connectivity index (χ1n) is 7.03. The molecule has 110 valence electrons. The molecule has 0 aliphatic heterocycles. The largest absolute Gasteiger partial charge is 0.382 e. The smallest absolute Gasteiger partial charge is 0.0498 e. The van der Waals surface area contributed by atoms with Crippen molar-refractivity contribution in [2.75, 3.05) is 11.6 Å². The lowest BCUT2D eigenvalue weighted by Crippen LogP contribution is -2.19. The zero-order valence-corrected chi connectivity index (χ0v) is 13.5. The summed E-state index contributed by atoms with van der Waals surface area (Å²) < 4.78 is 11.4. The second-order valence-corrected chi connectivity index (χ2v) is 7.38. The standard InChI is InChI=1S/C17H18ClNOS/c1-21(20)11-14-10-15(6-7-17(14)18)19-16-8-12-4-2-3-5-13(12)9-16/h2-7,10,16,19H,8-9,11H2,1H3/t21-/m1/s1.